The fourth-order valence-electron chi connectivity index (χ4n) is 3.98. The van der Waals surface area contributed by atoms with Gasteiger partial charge in [0.25, 0.3) is 0 Å². The molecule has 5 N–H and O–H groups in total. The highest BCUT2D eigenvalue weighted by molar-refractivity contribution is 5.83. The molecule has 0 atom stereocenters. The first-order valence-electron chi connectivity index (χ1n) is 9.63. The van der Waals surface area contributed by atoms with Gasteiger partial charge in [-0.1, -0.05) is 0 Å². The summed E-state index contributed by atoms with van der Waals surface area (Å²) in [6.07, 6.45) is 5.51. The van der Waals surface area contributed by atoms with Gasteiger partial charge in [-0.15, -0.1) is 0 Å². The SMILES string of the molecule is Cc1cc(F)cc2[nH]c(-c3nc(-c4cn[nH]c4C4CCNCC4)cnc3N)nc12. The van der Waals surface area contributed by atoms with Gasteiger partial charge in [0, 0.05) is 17.2 Å². The zero-order valence-electron chi connectivity index (χ0n) is 16.0. The van der Waals surface area contributed by atoms with Crippen LogP contribution < -0.4 is 11.1 Å². The quantitative estimate of drug-likeness (QED) is 0.425. The molecule has 1 fully saturated rings. The number of nitrogens with two attached hydrogens (primary N) is 1. The molecule has 0 radical (unpaired) electrons. The highest BCUT2D eigenvalue weighted by atomic mass is 19.1. The molecule has 1 aromatic carbocycles. The summed E-state index contributed by atoms with van der Waals surface area (Å²) in [6, 6.07) is 2.87. The molecule has 0 aliphatic carbocycles. The van der Waals surface area contributed by atoms with Gasteiger partial charge in [-0.2, -0.15) is 5.10 Å². The maximum atomic E-state index is 13.7. The van der Waals surface area contributed by atoms with Gasteiger partial charge in [0.05, 0.1) is 29.1 Å². The topological polar surface area (TPSA) is 121 Å². The Labute approximate surface area is 166 Å². The molecule has 0 spiro atoms. The number of aromatic amines is 2. The fraction of sp³-hybridized carbons (Fsp3) is 0.300. The van der Waals surface area contributed by atoms with Crippen LogP contribution in [0.25, 0.3) is 33.8 Å². The lowest BCUT2D eigenvalue weighted by atomic mass is 9.91. The Balaban J connectivity index is 1.59. The lowest BCUT2D eigenvalue weighted by Gasteiger charge is -2.22. The average molecular weight is 392 g/mol. The van der Waals surface area contributed by atoms with Crippen molar-refractivity contribution in [1.82, 2.24) is 35.5 Å². The van der Waals surface area contributed by atoms with Gasteiger partial charge in [0.1, 0.15) is 11.5 Å². The minimum absolute atomic E-state index is 0.262. The summed E-state index contributed by atoms with van der Waals surface area (Å²) in [5, 5.41) is 10.8. The Hall–Kier alpha value is -3.33. The van der Waals surface area contributed by atoms with Crippen LogP contribution in [0.2, 0.25) is 0 Å². The van der Waals surface area contributed by atoms with Crippen LogP contribution in [0.15, 0.2) is 24.5 Å². The van der Waals surface area contributed by atoms with Crippen LogP contribution in [0.3, 0.4) is 0 Å². The van der Waals surface area contributed by atoms with E-state index >= 15 is 0 Å². The van der Waals surface area contributed by atoms with Crippen molar-refractivity contribution in [3.05, 3.63) is 41.6 Å². The standard InChI is InChI=1S/C20H21FN8/c1-10-6-12(21)7-14-16(10)28-20(27-14)18-19(22)24-9-15(26-18)13-8-25-29-17(13)11-2-4-23-5-3-11/h6-9,11,23H,2-5H2,1H3,(H2,22,24)(H,25,29)(H,27,28). The molecule has 1 aliphatic heterocycles. The van der Waals surface area contributed by atoms with E-state index in [0.717, 1.165) is 42.8 Å². The van der Waals surface area contributed by atoms with Crippen LogP contribution in [0.4, 0.5) is 10.2 Å². The highest BCUT2D eigenvalue weighted by Gasteiger charge is 2.22. The second kappa shape index (κ2) is 6.93. The molecule has 148 valence electrons. The van der Waals surface area contributed by atoms with E-state index < -0.39 is 0 Å². The number of hydrogen-bond donors (Lipinski definition) is 4. The van der Waals surface area contributed by atoms with E-state index in [2.05, 4.69) is 30.5 Å². The van der Waals surface area contributed by atoms with Gasteiger partial charge in [0.2, 0.25) is 0 Å². The molecule has 8 nitrogen and oxygen atoms in total. The lowest BCUT2D eigenvalue weighted by molar-refractivity contribution is 0.453. The largest absolute Gasteiger partial charge is 0.382 e. The maximum Gasteiger partial charge on any atom is 0.161 e. The van der Waals surface area contributed by atoms with Crippen LogP contribution in [0, 0.1) is 12.7 Å². The number of nitrogens with one attached hydrogen (secondary N) is 3. The van der Waals surface area contributed by atoms with Crippen molar-refractivity contribution >= 4 is 16.9 Å². The second-order valence-electron chi connectivity index (χ2n) is 7.41. The number of fused-ring (bicyclic) bond motifs is 1. The van der Waals surface area contributed by atoms with Gasteiger partial charge < -0.3 is 16.0 Å². The Morgan fingerprint density at radius 3 is 2.79 bits per heavy atom. The molecule has 4 aromatic rings. The average Bonchev–Trinajstić information content (AvgIpc) is 3.36. The smallest absolute Gasteiger partial charge is 0.161 e. The molecular formula is C20H21FN8. The van der Waals surface area contributed by atoms with Gasteiger partial charge >= 0.3 is 0 Å². The number of rotatable bonds is 3. The van der Waals surface area contributed by atoms with E-state index in [9.17, 15) is 4.39 Å². The highest BCUT2D eigenvalue weighted by Crippen LogP contribution is 2.33. The lowest BCUT2D eigenvalue weighted by Crippen LogP contribution is -2.27. The minimum atomic E-state index is -0.317. The monoisotopic (exact) mass is 392 g/mol. The Morgan fingerprint density at radius 1 is 1.14 bits per heavy atom. The predicted octanol–water partition coefficient (Wildman–Crippen LogP) is 2.91. The van der Waals surface area contributed by atoms with Crippen LogP contribution in [0.5, 0.6) is 0 Å². The van der Waals surface area contributed by atoms with Gasteiger partial charge in [-0.3, -0.25) is 5.10 Å². The molecule has 0 amide bonds. The number of piperidine rings is 1. The zero-order valence-corrected chi connectivity index (χ0v) is 16.0. The molecule has 1 saturated heterocycles. The third-order valence-corrected chi connectivity index (χ3v) is 5.46. The number of H-pyrrole nitrogens is 2. The zero-order chi connectivity index (χ0) is 20.0. The summed E-state index contributed by atoms with van der Waals surface area (Å²) in [5.74, 6) is 0.807. The molecule has 0 unspecified atom stereocenters. The molecule has 3 aromatic heterocycles. The van der Waals surface area contributed by atoms with E-state index in [1.165, 1.54) is 12.1 Å². The number of nitrogen functional groups attached to an aromatic ring is 1. The van der Waals surface area contributed by atoms with E-state index in [0.29, 0.717) is 34.2 Å². The van der Waals surface area contributed by atoms with E-state index in [1.54, 1.807) is 12.4 Å². The van der Waals surface area contributed by atoms with Crippen molar-refractivity contribution in [3.8, 4) is 22.8 Å². The van der Waals surface area contributed by atoms with Gasteiger partial charge in [-0.25, -0.2) is 19.3 Å². The van der Waals surface area contributed by atoms with Crippen LogP contribution in [0.1, 0.15) is 30.0 Å². The molecule has 0 saturated carbocycles. The first kappa shape index (κ1) is 17.7. The number of aryl methyl sites for hydroxylation is 1. The summed E-state index contributed by atoms with van der Waals surface area (Å²) in [7, 11) is 0. The van der Waals surface area contributed by atoms with E-state index in [-0.39, 0.29) is 11.6 Å². The van der Waals surface area contributed by atoms with Gasteiger partial charge in [0.15, 0.2) is 11.6 Å². The number of aromatic nitrogens is 6. The van der Waals surface area contributed by atoms with Crippen molar-refractivity contribution in [2.45, 2.75) is 25.7 Å². The fourth-order valence-corrected chi connectivity index (χ4v) is 3.98. The normalized spacial score (nSPS) is 15.2. The van der Waals surface area contributed by atoms with Crippen molar-refractivity contribution in [3.63, 3.8) is 0 Å². The summed E-state index contributed by atoms with van der Waals surface area (Å²) < 4.78 is 13.7. The summed E-state index contributed by atoms with van der Waals surface area (Å²) in [4.78, 5) is 16.8. The Morgan fingerprint density at radius 2 is 1.97 bits per heavy atom. The van der Waals surface area contributed by atoms with E-state index in [4.69, 9.17) is 10.7 Å². The molecule has 4 heterocycles. The molecule has 29 heavy (non-hydrogen) atoms. The number of benzene rings is 1. The summed E-state index contributed by atoms with van der Waals surface area (Å²) >= 11 is 0. The second-order valence-corrected chi connectivity index (χ2v) is 7.41. The van der Waals surface area contributed by atoms with Crippen LogP contribution in [-0.4, -0.2) is 43.2 Å². The van der Waals surface area contributed by atoms with Crippen molar-refractivity contribution in [2.24, 2.45) is 0 Å². The third-order valence-electron chi connectivity index (χ3n) is 5.46. The first-order chi connectivity index (χ1) is 14.1. The van der Waals surface area contributed by atoms with Crippen molar-refractivity contribution in [2.75, 3.05) is 18.8 Å². The van der Waals surface area contributed by atoms with Crippen molar-refractivity contribution < 1.29 is 4.39 Å². The maximum absolute atomic E-state index is 13.7. The first-order valence-corrected chi connectivity index (χ1v) is 9.63. The predicted molar refractivity (Wildman–Crippen MR) is 109 cm³/mol. The molecule has 1 aliphatic rings. The minimum Gasteiger partial charge on any atom is -0.382 e. The van der Waals surface area contributed by atoms with Gasteiger partial charge in [-0.05, 0) is 50.6 Å². The molecule has 9 heteroatoms. The number of anilines is 1. The van der Waals surface area contributed by atoms with Crippen LogP contribution in [-0.2, 0) is 0 Å². The molecule has 5 rings (SSSR count). The number of halogens is 1. The Kier molecular flexibility index (Phi) is 4.24. The third kappa shape index (κ3) is 3.13. The number of nitrogens with zero attached hydrogens (tertiary/aromatic N) is 4. The molecular weight excluding hydrogens is 371 g/mol. The molecule has 0 bridgehead atoms. The summed E-state index contributed by atoms with van der Waals surface area (Å²) in [6.45, 7) is 3.78. The number of imidazole rings is 1. The number of hydrogen-bond acceptors (Lipinski definition) is 6. The Bertz CT molecular complexity index is 1190. The van der Waals surface area contributed by atoms with Crippen LogP contribution >= 0.6 is 0 Å². The summed E-state index contributed by atoms with van der Waals surface area (Å²) in [5.41, 5.74) is 11.2. The van der Waals surface area contributed by atoms with Crippen molar-refractivity contribution in [1.29, 1.82) is 0 Å². The van der Waals surface area contributed by atoms with E-state index in [1.807, 2.05) is 6.92 Å².